The Morgan fingerprint density at radius 3 is 2.50 bits per heavy atom. The minimum atomic E-state index is -4.54. The van der Waals surface area contributed by atoms with Crippen LogP contribution in [0.2, 0.25) is 0 Å². The Kier molecular flexibility index (Phi) is 2.55. The summed E-state index contributed by atoms with van der Waals surface area (Å²) >= 11 is 0. The molecule has 16 heavy (non-hydrogen) atoms. The quantitative estimate of drug-likeness (QED) is 0.812. The van der Waals surface area contributed by atoms with E-state index in [0.717, 1.165) is 0 Å². The molecule has 1 N–H and O–H groups in total. The average Bonchev–Trinajstić information content (AvgIpc) is 2.26. The third kappa shape index (κ3) is 1.86. The van der Waals surface area contributed by atoms with E-state index in [2.05, 4.69) is 4.98 Å². The summed E-state index contributed by atoms with van der Waals surface area (Å²) < 4.78 is 37.8. The number of aliphatic hydroxyl groups is 1. The van der Waals surface area contributed by atoms with Gasteiger partial charge in [-0.1, -0.05) is 18.2 Å². The summed E-state index contributed by atoms with van der Waals surface area (Å²) in [6.07, 6.45) is -4.54. The lowest BCUT2D eigenvalue weighted by molar-refractivity contribution is -0.142. The molecule has 0 aliphatic heterocycles. The molecular formula is C11H8F3NO. The molecule has 0 radical (unpaired) electrons. The first-order chi connectivity index (χ1) is 7.52. The maximum atomic E-state index is 12.6. The van der Waals surface area contributed by atoms with Crippen molar-refractivity contribution < 1.29 is 18.3 Å². The molecule has 1 aromatic carbocycles. The zero-order valence-corrected chi connectivity index (χ0v) is 8.12. The first-order valence-corrected chi connectivity index (χ1v) is 4.59. The van der Waals surface area contributed by atoms with E-state index in [9.17, 15) is 13.2 Å². The SMILES string of the molecule is OCc1cc2ccccc2nc1C(F)(F)F. The summed E-state index contributed by atoms with van der Waals surface area (Å²) in [6.45, 7) is -0.674. The number of aliphatic hydroxyl groups excluding tert-OH is 1. The zero-order valence-electron chi connectivity index (χ0n) is 8.12. The van der Waals surface area contributed by atoms with E-state index in [0.29, 0.717) is 5.39 Å². The molecule has 2 nitrogen and oxygen atoms in total. The van der Waals surface area contributed by atoms with E-state index in [-0.39, 0.29) is 11.1 Å². The highest BCUT2D eigenvalue weighted by atomic mass is 19.4. The number of rotatable bonds is 1. The largest absolute Gasteiger partial charge is 0.433 e. The molecule has 1 heterocycles. The van der Waals surface area contributed by atoms with Crippen molar-refractivity contribution in [2.24, 2.45) is 0 Å². The van der Waals surface area contributed by atoms with Crippen LogP contribution in [0, 0.1) is 0 Å². The van der Waals surface area contributed by atoms with Crippen molar-refractivity contribution in [1.82, 2.24) is 4.98 Å². The highest BCUT2D eigenvalue weighted by Crippen LogP contribution is 2.32. The highest BCUT2D eigenvalue weighted by Gasteiger charge is 2.35. The molecule has 0 aliphatic carbocycles. The molecule has 84 valence electrons. The molecule has 0 unspecified atom stereocenters. The van der Waals surface area contributed by atoms with Crippen LogP contribution in [0.3, 0.4) is 0 Å². The van der Waals surface area contributed by atoms with Gasteiger partial charge in [-0.15, -0.1) is 0 Å². The van der Waals surface area contributed by atoms with Crippen LogP contribution in [0.25, 0.3) is 10.9 Å². The molecule has 0 bridgehead atoms. The molecule has 2 aromatic rings. The summed E-state index contributed by atoms with van der Waals surface area (Å²) in [6, 6.07) is 7.80. The van der Waals surface area contributed by atoms with Gasteiger partial charge >= 0.3 is 6.18 Å². The summed E-state index contributed by atoms with van der Waals surface area (Å²) in [5.41, 5.74) is -0.952. The summed E-state index contributed by atoms with van der Waals surface area (Å²) in [7, 11) is 0. The van der Waals surface area contributed by atoms with Gasteiger partial charge in [0.1, 0.15) is 0 Å². The molecule has 1 aromatic heterocycles. The van der Waals surface area contributed by atoms with Gasteiger partial charge in [-0.2, -0.15) is 13.2 Å². The number of hydrogen-bond donors (Lipinski definition) is 1. The number of aromatic nitrogens is 1. The Morgan fingerprint density at radius 1 is 1.19 bits per heavy atom. The summed E-state index contributed by atoms with van der Waals surface area (Å²) in [5, 5.41) is 9.48. The first-order valence-electron chi connectivity index (χ1n) is 4.59. The molecule has 0 fully saturated rings. The van der Waals surface area contributed by atoms with Crippen LogP contribution in [-0.2, 0) is 12.8 Å². The minimum Gasteiger partial charge on any atom is -0.392 e. The Morgan fingerprint density at radius 2 is 1.88 bits per heavy atom. The lowest BCUT2D eigenvalue weighted by Gasteiger charge is -2.11. The van der Waals surface area contributed by atoms with Gasteiger partial charge in [0.15, 0.2) is 5.69 Å². The number of benzene rings is 1. The van der Waals surface area contributed by atoms with Crippen LogP contribution < -0.4 is 0 Å². The predicted molar refractivity (Wildman–Crippen MR) is 52.7 cm³/mol. The van der Waals surface area contributed by atoms with Gasteiger partial charge in [-0.25, -0.2) is 4.98 Å². The van der Waals surface area contributed by atoms with Crippen molar-refractivity contribution in [1.29, 1.82) is 0 Å². The Bertz CT molecular complexity index is 522. The van der Waals surface area contributed by atoms with Gasteiger partial charge in [0.2, 0.25) is 0 Å². The van der Waals surface area contributed by atoms with Gasteiger partial charge < -0.3 is 5.11 Å². The normalized spacial score (nSPS) is 12.0. The van der Waals surface area contributed by atoms with Gasteiger partial charge in [-0.05, 0) is 12.1 Å². The van der Waals surface area contributed by atoms with Crippen LogP contribution in [0.5, 0.6) is 0 Å². The Labute approximate surface area is 89.4 Å². The molecule has 2 rings (SSSR count). The second-order valence-corrected chi connectivity index (χ2v) is 3.34. The molecule has 0 amide bonds. The number of alkyl halides is 3. The summed E-state index contributed by atoms with van der Waals surface area (Å²) in [5.74, 6) is 0. The number of fused-ring (bicyclic) bond motifs is 1. The maximum Gasteiger partial charge on any atom is 0.433 e. The fraction of sp³-hybridized carbons (Fsp3) is 0.182. The smallest absolute Gasteiger partial charge is 0.392 e. The Hall–Kier alpha value is -1.62. The standard InChI is InChI=1S/C11H8F3NO/c12-11(13,14)10-8(6-16)5-7-3-1-2-4-9(7)15-10/h1-5,16H,6H2. The van der Waals surface area contributed by atoms with E-state index in [1.165, 1.54) is 12.1 Å². The minimum absolute atomic E-state index is 0.203. The monoisotopic (exact) mass is 227 g/mol. The molecule has 0 atom stereocenters. The fourth-order valence-electron chi connectivity index (χ4n) is 1.53. The molecule has 0 spiro atoms. The van der Waals surface area contributed by atoms with E-state index in [4.69, 9.17) is 5.11 Å². The zero-order chi connectivity index (χ0) is 11.8. The van der Waals surface area contributed by atoms with E-state index >= 15 is 0 Å². The average molecular weight is 227 g/mol. The second kappa shape index (κ2) is 3.75. The topological polar surface area (TPSA) is 33.1 Å². The Balaban J connectivity index is 2.73. The van der Waals surface area contributed by atoms with Crippen LogP contribution in [0.1, 0.15) is 11.3 Å². The van der Waals surface area contributed by atoms with Crippen LogP contribution in [0.15, 0.2) is 30.3 Å². The number of para-hydroxylation sites is 1. The van der Waals surface area contributed by atoms with Gasteiger partial charge in [0.25, 0.3) is 0 Å². The molecule has 0 aliphatic rings. The third-order valence-corrected chi connectivity index (χ3v) is 2.24. The lowest BCUT2D eigenvalue weighted by Crippen LogP contribution is -2.12. The number of halogens is 3. The van der Waals surface area contributed by atoms with E-state index in [1.807, 2.05) is 0 Å². The van der Waals surface area contributed by atoms with Gasteiger partial charge in [0, 0.05) is 10.9 Å². The summed E-state index contributed by atoms with van der Waals surface area (Å²) in [4.78, 5) is 3.53. The number of hydrogen-bond acceptors (Lipinski definition) is 2. The van der Waals surface area contributed by atoms with Crippen molar-refractivity contribution in [3.63, 3.8) is 0 Å². The van der Waals surface area contributed by atoms with Crippen molar-refractivity contribution in [2.45, 2.75) is 12.8 Å². The van der Waals surface area contributed by atoms with Crippen molar-refractivity contribution in [2.75, 3.05) is 0 Å². The van der Waals surface area contributed by atoms with Gasteiger partial charge in [-0.3, -0.25) is 0 Å². The van der Waals surface area contributed by atoms with E-state index in [1.54, 1.807) is 18.2 Å². The number of nitrogens with zero attached hydrogens (tertiary/aromatic N) is 1. The molecule has 5 heteroatoms. The maximum absolute atomic E-state index is 12.6. The molecular weight excluding hydrogens is 219 g/mol. The van der Waals surface area contributed by atoms with E-state index < -0.39 is 18.5 Å². The predicted octanol–water partition coefficient (Wildman–Crippen LogP) is 2.75. The van der Waals surface area contributed by atoms with Crippen molar-refractivity contribution >= 4 is 10.9 Å². The third-order valence-electron chi connectivity index (χ3n) is 2.24. The van der Waals surface area contributed by atoms with Crippen LogP contribution in [-0.4, -0.2) is 10.1 Å². The number of pyridine rings is 1. The van der Waals surface area contributed by atoms with Gasteiger partial charge in [0.05, 0.1) is 12.1 Å². The van der Waals surface area contributed by atoms with Crippen LogP contribution >= 0.6 is 0 Å². The lowest BCUT2D eigenvalue weighted by atomic mass is 10.1. The molecule has 0 saturated heterocycles. The fourth-order valence-corrected chi connectivity index (χ4v) is 1.53. The van der Waals surface area contributed by atoms with Crippen molar-refractivity contribution in [3.8, 4) is 0 Å². The second-order valence-electron chi connectivity index (χ2n) is 3.34. The van der Waals surface area contributed by atoms with Crippen LogP contribution in [0.4, 0.5) is 13.2 Å². The highest BCUT2D eigenvalue weighted by molar-refractivity contribution is 5.79. The first kappa shape index (κ1) is 10.9. The van der Waals surface area contributed by atoms with Crippen molar-refractivity contribution in [3.05, 3.63) is 41.6 Å². The molecule has 0 saturated carbocycles.